The van der Waals surface area contributed by atoms with E-state index < -0.39 is 0 Å². The second-order valence-electron chi connectivity index (χ2n) is 15.7. The number of allylic oxidation sites excluding steroid dienone is 2. The molecule has 2 aromatic heterocycles. The first-order valence-corrected chi connectivity index (χ1v) is 18.3. The first-order valence-electron chi connectivity index (χ1n) is 18.3. The molecule has 0 aliphatic carbocycles. The Balaban J connectivity index is 0.000000335. The van der Waals surface area contributed by atoms with Crippen molar-refractivity contribution in [3.8, 4) is 22.5 Å². The number of ketones is 1. The fourth-order valence-corrected chi connectivity index (χ4v) is 6.24. The topological polar surface area (TPSA) is 76.2 Å². The second kappa shape index (κ2) is 17.3. The zero-order chi connectivity index (χ0) is 36.9. The van der Waals surface area contributed by atoms with Gasteiger partial charge in [0.15, 0.2) is 5.78 Å². The molecule has 275 valence electrons. The summed E-state index contributed by atoms with van der Waals surface area (Å²) in [6, 6.07) is 22.7. The van der Waals surface area contributed by atoms with Gasteiger partial charge in [-0.2, -0.15) is 0 Å². The van der Waals surface area contributed by atoms with Crippen LogP contribution in [0.1, 0.15) is 113 Å². The molecule has 0 fully saturated rings. The monoisotopic (exact) mass is 866 g/mol. The van der Waals surface area contributed by atoms with Crippen LogP contribution >= 0.6 is 0 Å². The molecule has 2 heterocycles. The summed E-state index contributed by atoms with van der Waals surface area (Å²) in [4.78, 5) is 21.4. The molecule has 0 saturated heterocycles. The van der Waals surface area contributed by atoms with Gasteiger partial charge in [-0.1, -0.05) is 124 Å². The van der Waals surface area contributed by atoms with Gasteiger partial charge in [0, 0.05) is 53.7 Å². The molecule has 0 atom stereocenters. The van der Waals surface area contributed by atoms with Crippen molar-refractivity contribution in [2.75, 3.05) is 0 Å². The van der Waals surface area contributed by atoms with E-state index >= 15 is 0 Å². The Morgan fingerprint density at radius 1 is 0.843 bits per heavy atom. The molecule has 6 heteroatoms. The number of benzene rings is 3. The van der Waals surface area contributed by atoms with Crippen LogP contribution in [0.25, 0.3) is 44.3 Å². The predicted molar refractivity (Wildman–Crippen MR) is 209 cm³/mol. The standard InChI is InChI=1S/C30H29N2O.C15H28O2.Ir/c1-19(2)13-21-10-8-12-24-25(17-33-29(21)24)28-16-27(31-18-32-28)22-14-20-9-6-7-11-23(20)26(15-22)30(3,4)5;1-7-14(5,8-2)12(16)11-13(17)15(6,9-3)10-4;/h6-12,15-19H,13H2,1-5H3;11,16H,7-10H2,1-6H3;/q-1;;/b;12-11-;. The van der Waals surface area contributed by atoms with Crippen molar-refractivity contribution in [2.24, 2.45) is 16.7 Å². The summed E-state index contributed by atoms with van der Waals surface area (Å²) in [7, 11) is 0. The molecule has 0 unspecified atom stereocenters. The molecule has 0 aliphatic heterocycles. The number of aliphatic hydroxyl groups excluding tert-OH is 1. The Labute approximate surface area is 319 Å². The number of carbonyl (C=O) groups is 1. The average Bonchev–Trinajstić information content (AvgIpc) is 3.55. The van der Waals surface area contributed by atoms with Crippen LogP contribution in [0.4, 0.5) is 0 Å². The van der Waals surface area contributed by atoms with Crippen LogP contribution in [0.2, 0.25) is 0 Å². The Bertz CT molecular complexity index is 1960. The van der Waals surface area contributed by atoms with E-state index in [1.807, 2.05) is 53.9 Å². The number of carbonyl (C=O) groups excluding carboxylic acids is 1. The summed E-state index contributed by atoms with van der Waals surface area (Å²) in [5.74, 6) is 0.851. The normalized spacial score (nSPS) is 12.5. The van der Waals surface area contributed by atoms with Crippen LogP contribution in [-0.4, -0.2) is 20.9 Å². The van der Waals surface area contributed by atoms with E-state index in [4.69, 9.17) is 4.42 Å². The fourth-order valence-electron chi connectivity index (χ4n) is 6.24. The summed E-state index contributed by atoms with van der Waals surface area (Å²) in [6.45, 7) is 23.3. The van der Waals surface area contributed by atoms with Gasteiger partial charge in [0.25, 0.3) is 0 Å². The van der Waals surface area contributed by atoms with Gasteiger partial charge in [-0.15, -0.1) is 29.1 Å². The van der Waals surface area contributed by atoms with Crippen molar-refractivity contribution in [2.45, 2.75) is 114 Å². The summed E-state index contributed by atoms with van der Waals surface area (Å²) >= 11 is 0. The van der Waals surface area contributed by atoms with Gasteiger partial charge in [-0.3, -0.25) is 9.78 Å². The summed E-state index contributed by atoms with van der Waals surface area (Å²) in [5, 5.41) is 13.6. The number of nitrogens with zero attached hydrogens (tertiary/aromatic N) is 2. The predicted octanol–water partition coefficient (Wildman–Crippen LogP) is 12.7. The van der Waals surface area contributed by atoms with Crippen LogP contribution in [0.15, 0.2) is 83.4 Å². The molecule has 51 heavy (non-hydrogen) atoms. The smallest absolute Gasteiger partial charge is 0.164 e. The first kappa shape index (κ1) is 41.8. The van der Waals surface area contributed by atoms with E-state index in [0.717, 1.165) is 71.0 Å². The maximum atomic E-state index is 12.2. The molecule has 0 spiro atoms. The molecular weight excluding hydrogens is 809 g/mol. The Morgan fingerprint density at radius 3 is 2.06 bits per heavy atom. The molecule has 0 bridgehead atoms. The van der Waals surface area contributed by atoms with Gasteiger partial charge in [-0.05, 0) is 55.1 Å². The Kier molecular flexibility index (Phi) is 14.2. The minimum Gasteiger partial charge on any atom is -0.512 e. The number of rotatable bonds is 11. The number of furan rings is 1. The van der Waals surface area contributed by atoms with Crippen molar-refractivity contribution < 1.29 is 34.4 Å². The van der Waals surface area contributed by atoms with Gasteiger partial charge in [-0.25, -0.2) is 4.98 Å². The van der Waals surface area contributed by atoms with Crippen LogP contribution in [0, 0.1) is 22.8 Å². The summed E-state index contributed by atoms with van der Waals surface area (Å²) < 4.78 is 6.03. The molecule has 1 N–H and O–H groups in total. The number of aliphatic hydroxyl groups is 1. The Hall–Kier alpha value is -3.60. The summed E-state index contributed by atoms with van der Waals surface area (Å²) in [6.07, 6.45) is 9.21. The second-order valence-corrected chi connectivity index (χ2v) is 15.7. The van der Waals surface area contributed by atoms with Crippen LogP contribution in [0.5, 0.6) is 0 Å². The van der Waals surface area contributed by atoms with Crippen molar-refractivity contribution in [1.82, 2.24) is 9.97 Å². The third-order valence-electron chi connectivity index (χ3n) is 10.7. The zero-order valence-corrected chi connectivity index (χ0v) is 34.9. The van der Waals surface area contributed by atoms with Crippen LogP contribution in [-0.2, 0) is 36.7 Å². The van der Waals surface area contributed by atoms with Gasteiger partial charge in [0.05, 0.1) is 5.69 Å². The number of fused-ring (bicyclic) bond motifs is 2. The van der Waals surface area contributed by atoms with E-state index in [0.29, 0.717) is 5.92 Å². The van der Waals surface area contributed by atoms with E-state index in [1.165, 1.54) is 22.6 Å². The van der Waals surface area contributed by atoms with Crippen LogP contribution in [0.3, 0.4) is 0 Å². The molecule has 0 amide bonds. The quantitative estimate of drug-likeness (QED) is 0.0813. The SMILES string of the molecule is CC(C)Cc1cccc2c(-c3cc(-c4[c-]c5ccccc5c(C(C)(C)C)c4)ncn3)coc12.CCC(C)(CC)C(=O)/C=C(\O)C(C)(CC)CC.[Ir]. The van der Waals surface area contributed by atoms with E-state index in [2.05, 4.69) is 99.2 Å². The summed E-state index contributed by atoms with van der Waals surface area (Å²) in [5.41, 5.74) is 6.59. The molecule has 5 aromatic rings. The van der Waals surface area contributed by atoms with Crippen molar-refractivity contribution >= 4 is 27.5 Å². The number of aromatic nitrogens is 2. The van der Waals surface area contributed by atoms with Gasteiger partial charge in [0.2, 0.25) is 0 Å². The molecule has 0 saturated carbocycles. The fraction of sp³-hybridized carbons (Fsp3) is 0.444. The van der Waals surface area contributed by atoms with Crippen molar-refractivity contribution in [3.05, 3.63) is 96.2 Å². The van der Waals surface area contributed by atoms with Crippen LogP contribution < -0.4 is 0 Å². The minimum atomic E-state index is -0.337. The molecular formula is C45H57IrN2O3-. The minimum absolute atomic E-state index is 0. The molecule has 3 aromatic carbocycles. The van der Waals surface area contributed by atoms with Gasteiger partial charge < -0.3 is 9.52 Å². The maximum Gasteiger partial charge on any atom is 0.164 e. The number of para-hydroxylation sites is 1. The zero-order valence-electron chi connectivity index (χ0n) is 32.5. The molecule has 5 nitrogen and oxygen atoms in total. The van der Waals surface area contributed by atoms with E-state index in [9.17, 15) is 9.90 Å². The number of hydrogen-bond acceptors (Lipinski definition) is 5. The molecule has 1 radical (unpaired) electrons. The van der Waals surface area contributed by atoms with Gasteiger partial charge >= 0.3 is 0 Å². The molecule has 5 rings (SSSR count). The Morgan fingerprint density at radius 2 is 1.45 bits per heavy atom. The first-order chi connectivity index (χ1) is 23.6. The van der Waals surface area contributed by atoms with E-state index in [1.54, 1.807) is 6.33 Å². The largest absolute Gasteiger partial charge is 0.512 e. The van der Waals surface area contributed by atoms with Gasteiger partial charge in [0.1, 0.15) is 23.9 Å². The third kappa shape index (κ3) is 9.45. The maximum absolute atomic E-state index is 12.2. The van der Waals surface area contributed by atoms with Crippen molar-refractivity contribution in [3.63, 3.8) is 0 Å². The van der Waals surface area contributed by atoms with E-state index in [-0.39, 0.29) is 47.9 Å². The number of hydrogen-bond donors (Lipinski definition) is 1. The average molecular weight is 866 g/mol. The third-order valence-corrected chi connectivity index (χ3v) is 10.7. The van der Waals surface area contributed by atoms with Crippen molar-refractivity contribution in [1.29, 1.82) is 0 Å². The molecule has 0 aliphatic rings.